The van der Waals surface area contributed by atoms with Crippen molar-refractivity contribution in [3.63, 3.8) is 0 Å². The van der Waals surface area contributed by atoms with Gasteiger partial charge in [-0.1, -0.05) is 12.1 Å². The van der Waals surface area contributed by atoms with E-state index in [1.165, 1.54) is 6.07 Å². The van der Waals surface area contributed by atoms with Crippen LogP contribution in [0.2, 0.25) is 0 Å². The van der Waals surface area contributed by atoms with Crippen molar-refractivity contribution in [1.82, 2.24) is 4.98 Å². The van der Waals surface area contributed by atoms with E-state index in [0.29, 0.717) is 17.1 Å². The Hall–Kier alpha value is -2.28. The lowest BCUT2D eigenvalue weighted by Crippen LogP contribution is -2.09. The van der Waals surface area contributed by atoms with Crippen molar-refractivity contribution in [3.05, 3.63) is 53.7 Å². The standard InChI is InChI=1S/C13H13F3N4/c14-13(15,16)10-3-1-2-9(6-10)8-19-11-4-5-18-12(7-11)20-17/h1-7H,8,17H2,(H2,18,19,20). The topological polar surface area (TPSA) is 63.0 Å². The predicted molar refractivity (Wildman–Crippen MR) is 70.8 cm³/mol. The molecule has 0 saturated heterocycles. The number of nitrogen functional groups attached to an aromatic ring is 1. The normalized spacial score (nSPS) is 11.2. The fourth-order valence-electron chi connectivity index (χ4n) is 1.68. The first kappa shape index (κ1) is 14.1. The lowest BCUT2D eigenvalue weighted by molar-refractivity contribution is -0.137. The van der Waals surface area contributed by atoms with Crippen molar-refractivity contribution in [2.45, 2.75) is 12.7 Å². The quantitative estimate of drug-likeness (QED) is 0.596. The molecule has 106 valence electrons. The fourth-order valence-corrected chi connectivity index (χ4v) is 1.68. The largest absolute Gasteiger partial charge is 0.416 e. The Labute approximate surface area is 113 Å². The van der Waals surface area contributed by atoms with Crippen molar-refractivity contribution in [1.29, 1.82) is 0 Å². The highest BCUT2D eigenvalue weighted by atomic mass is 19.4. The maximum atomic E-state index is 12.6. The number of aromatic nitrogens is 1. The van der Waals surface area contributed by atoms with Gasteiger partial charge in [0.1, 0.15) is 5.82 Å². The maximum absolute atomic E-state index is 12.6. The number of hydrazine groups is 1. The Morgan fingerprint density at radius 2 is 1.95 bits per heavy atom. The lowest BCUT2D eigenvalue weighted by atomic mass is 10.1. The first-order chi connectivity index (χ1) is 9.49. The number of halogens is 3. The molecule has 7 heteroatoms. The molecule has 0 spiro atoms. The Morgan fingerprint density at radius 1 is 1.15 bits per heavy atom. The van der Waals surface area contributed by atoms with Gasteiger partial charge in [0.2, 0.25) is 0 Å². The second-order valence-electron chi connectivity index (χ2n) is 4.13. The molecule has 0 saturated carbocycles. The summed E-state index contributed by atoms with van der Waals surface area (Å²) >= 11 is 0. The van der Waals surface area contributed by atoms with Gasteiger partial charge < -0.3 is 10.7 Å². The van der Waals surface area contributed by atoms with Crippen LogP contribution in [0.25, 0.3) is 0 Å². The molecule has 0 fully saturated rings. The molecule has 2 rings (SSSR count). The number of hydrogen-bond donors (Lipinski definition) is 3. The minimum atomic E-state index is -4.33. The maximum Gasteiger partial charge on any atom is 0.416 e. The minimum Gasteiger partial charge on any atom is -0.381 e. The summed E-state index contributed by atoms with van der Waals surface area (Å²) in [7, 11) is 0. The molecule has 20 heavy (non-hydrogen) atoms. The van der Waals surface area contributed by atoms with Crippen LogP contribution in [0.4, 0.5) is 24.7 Å². The van der Waals surface area contributed by atoms with Gasteiger partial charge >= 0.3 is 6.18 Å². The fraction of sp³-hybridized carbons (Fsp3) is 0.154. The van der Waals surface area contributed by atoms with Crippen LogP contribution in [0.5, 0.6) is 0 Å². The van der Waals surface area contributed by atoms with E-state index in [-0.39, 0.29) is 6.54 Å². The van der Waals surface area contributed by atoms with Crippen LogP contribution in [-0.4, -0.2) is 4.98 Å². The molecule has 0 aliphatic heterocycles. The molecule has 0 amide bonds. The summed E-state index contributed by atoms with van der Waals surface area (Å²) < 4.78 is 37.7. The molecule has 1 aromatic heterocycles. The van der Waals surface area contributed by atoms with Gasteiger partial charge in [-0.15, -0.1) is 0 Å². The number of hydrogen-bond acceptors (Lipinski definition) is 4. The van der Waals surface area contributed by atoms with Gasteiger partial charge in [0, 0.05) is 24.5 Å². The molecule has 4 N–H and O–H groups in total. The van der Waals surface area contributed by atoms with Crippen molar-refractivity contribution in [2.75, 3.05) is 10.7 Å². The second-order valence-corrected chi connectivity index (χ2v) is 4.13. The highest BCUT2D eigenvalue weighted by Gasteiger charge is 2.30. The van der Waals surface area contributed by atoms with Crippen molar-refractivity contribution in [3.8, 4) is 0 Å². The van der Waals surface area contributed by atoms with Crippen LogP contribution in [0.15, 0.2) is 42.6 Å². The van der Waals surface area contributed by atoms with Crippen LogP contribution in [0.3, 0.4) is 0 Å². The van der Waals surface area contributed by atoms with E-state index in [1.807, 2.05) is 0 Å². The summed E-state index contributed by atoms with van der Waals surface area (Å²) in [6.07, 6.45) is -2.78. The van der Waals surface area contributed by atoms with Crippen LogP contribution in [0.1, 0.15) is 11.1 Å². The molecule has 0 unspecified atom stereocenters. The number of nitrogens with zero attached hydrogens (tertiary/aromatic N) is 1. The Bertz CT molecular complexity index is 584. The zero-order chi connectivity index (χ0) is 14.6. The zero-order valence-corrected chi connectivity index (χ0v) is 10.4. The van der Waals surface area contributed by atoms with Crippen molar-refractivity contribution >= 4 is 11.5 Å². The number of benzene rings is 1. The highest BCUT2D eigenvalue weighted by molar-refractivity contribution is 5.51. The number of nitrogens with two attached hydrogens (primary N) is 1. The van der Waals surface area contributed by atoms with E-state index < -0.39 is 11.7 Å². The third-order valence-corrected chi connectivity index (χ3v) is 2.66. The zero-order valence-electron chi connectivity index (χ0n) is 10.4. The summed E-state index contributed by atoms with van der Waals surface area (Å²) in [6.45, 7) is 0.276. The summed E-state index contributed by atoms with van der Waals surface area (Å²) in [6, 6.07) is 8.55. The second kappa shape index (κ2) is 5.79. The van der Waals surface area contributed by atoms with Gasteiger partial charge in [-0.3, -0.25) is 0 Å². The van der Waals surface area contributed by atoms with Gasteiger partial charge in [0.05, 0.1) is 5.56 Å². The number of anilines is 2. The monoisotopic (exact) mass is 282 g/mol. The van der Waals surface area contributed by atoms with Gasteiger partial charge in [-0.05, 0) is 23.8 Å². The van der Waals surface area contributed by atoms with E-state index in [0.717, 1.165) is 12.1 Å². The van der Waals surface area contributed by atoms with Crippen LogP contribution >= 0.6 is 0 Å². The summed E-state index contributed by atoms with van der Waals surface area (Å²) in [5.74, 6) is 5.70. The molecule has 1 heterocycles. The van der Waals surface area contributed by atoms with E-state index >= 15 is 0 Å². The smallest absolute Gasteiger partial charge is 0.381 e. The molecule has 0 radical (unpaired) electrons. The number of alkyl halides is 3. The molecule has 0 aliphatic rings. The molecular formula is C13H13F3N4. The average Bonchev–Trinajstić information content (AvgIpc) is 2.45. The first-order valence-electron chi connectivity index (χ1n) is 5.82. The molecule has 1 aromatic carbocycles. The number of nitrogens with one attached hydrogen (secondary N) is 2. The van der Waals surface area contributed by atoms with Crippen molar-refractivity contribution < 1.29 is 13.2 Å². The molecule has 2 aromatic rings. The molecule has 0 aliphatic carbocycles. The third-order valence-electron chi connectivity index (χ3n) is 2.66. The predicted octanol–water partition coefficient (Wildman–Crippen LogP) is 3.00. The van der Waals surface area contributed by atoms with Crippen LogP contribution < -0.4 is 16.6 Å². The van der Waals surface area contributed by atoms with E-state index in [2.05, 4.69) is 15.7 Å². The molecular weight excluding hydrogens is 269 g/mol. The van der Waals surface area contributed by atoms with Gasteiger partial charge in [0.25, 0.3) is 0 Å². The SMILES string of the molecule is NNc1cc(NCc2cccc(C(F)(F)F)c2)ccn1. The minimum absolute atomic E-state index is 0.276. The summed E-state index contributed by atoms with van der Waals surface area (Å²) in [5.41, 5.74) is 2.99. The number of rotatable bonds is 4. The third kappa shape index (κ3) is 3.61. The Morgan fingerprint density at radius 3 is 2.65 bits per heavy atom. The van der Waals surface area contributed by atoms with Gasteiger partial charge in [0.15, 0.2) is 0 Å². The molecule has 0 bridgehead atoms. The van der Waals surface area contributed by atoms with E-state index in [4.69, 9.17) is 5.84 Å². The summed E-state index contributed by atoms with van der Waals surface area (Å²) in [4.78, 5) is 3.93. The van der Waals surface area contributed by atoms with Crippen molar-refractivity contribution in [2.24, 2.45) is 5.84 Å². The van der Waals surface area contributed by atoms with Gasteiger partial charge in [-0.2, -0.15) is 13.2 Å². The van der Waals surface area contributed by atoms with E-state index in [1.54, 1.807) is 24.4 Å². The molecule has 4 nitrogen and oxygen atoms in total. The average molecular weight is 282 g/mol. The first-order valence-corrected chi connectivity index (χ1v) is 5.82. The Balaban J connectivity index is 2.07. The van der Waals surface area contributed by atoms with Gasteiger partial charge in [-0.25, -0.2) is 10.8 Å². The lowest BCUT2D eigenvalue weighted by Gasteiger charge is -2.10. The number of pyridine rings is 1. The van der Waals surface area contributed by atoms with Crippen LogP contribution in [0, 0.1) is 0 Å². The van der Waals surface area contributed by atoms with Crippen LogP contribution in [-0.2, 0) is 12.7 Å². The summed E-state index contributed by atoms with van der Waals surface area (Å²) in [5, 5.41) is 3.01. The molecule has 0 atom stereocenters. The van der Waals surface area contributed by atoms with E-state index in [9.17, 15) is 13.2 Å². The Kier molecular flexibility index (Phi) is 4.09. The highest BCUT2D eigenvalue weighted by Crippen LogP contribution is 2.29.